The third-order valence-electron chi connectivity index (χ3n) is 4.80. The quantitative estimate of drug-likeness (QED) is 0.320. The summed E-state index contributed by atoms with van der Waals surface area (Å²) in [4.78, 5) is 41.3. The first-order valence-corrected chi connectivity index (χ1v) is 11.2. The number of epoxide rings is 1. The highest BCUT2D eigenvalue weighted by Gasteiger charge is 2.52. The average Bonchev–Trinajstić information content (AvgIpc) is 3.21. The molecule has 0 saturated carbocycles. The number of esters is 1. The number of hydrogen-bond acceptors (Lipinski definition) is 9. The Morgan fingerprint density at radius 1 is 1.21 bits per heavy atom. The van der Waals surface area contributed by atoms with Gasteiger partial charge in [0.15, 0.2) is 12.2 Å². The summed E-state index contributed by atoms with van der Waals surface area (Å²) in [6.07, 6.45) is -0.0123. The van der Waals surface area contributed by atoms with E-state index in [4.69, 9.17) is 9.47 Å². The second-order valence-corrected chi connectivity index (χ2v) is 7.90. The number of hydrogen-bond donors (Lipinski definition) is 2. The third-order valence-corrected chi connectivity index (χ3v) is 5.44. The topological polar surface area (TPSA) is 141 Å². The number of ether oxygens (including phenoxy) is 2. The number of nitrogens with one attached hydrogen (secondary N) is 2. The summed E-state index contributed by atoms with van der Waals surface area (Å²) in [6, 6.07) is 8.55. The van der Waals surface area contributed by atoms with Gasteiger partial charge < -0.3 is 20.1 Å². The number of para-hydroxylation sites is 1. The van der Waals surface area contributed by atoms with E-state index in [-0.39, 0.29) is 19.6 Å². The van der Waals surface area contributed by atoms with Crippen LogP contribution in [0.3, 0.4) is 0 Å². The lowest BCUT2D eigenvalue weighted by molar-refractivity contribution is -0.144. The Morgan fingerprint density at radius 2 is 2.03 bits per heavy atom. The molecule has 2 aromatic heterocycles. The molecule has 0 aliphatic carbocycles. The number of nitrogens with zero attached hydrogens (tertiary/aromatic N) is 4. The van der Waals surface area contributed by atoms with Crippen molar-refractivity contribution in [3.63, 3.8) is 0 Å². The van der Waals surface area contributed by atoms with E-state index in [0.29, 0.717) is 11.4 Å². The van der Waals surface area contributed by atoms with Gasteiger partial charge in [-0.3, -0.25) is 9.59 Å². The van der Waals surface area contributed by atoms with Gasteiger partial charge >= 0.3 is 5.97 Å². The minimum atomic E-state index is -0.972. The fraction of sp³-hybridized carbons (Fsp3) is 0.333. The lowest BCUT2D eigenvalue weighted by Crippen LogP contribution is -2.49. The van der Waals surface area contributed by atoms with Crippen LogP contribution in [0.25, 0.3) is 5.69 Å². The fourth-order valence-corrected chi connectivity index (χ4v) is 3.68. The Balaban J connectivity index is 1.36. The largest absolute Gasteiger partial charge is 0.464 e. The molecule has 1 saturated heterocycles. The zero-order valence-corrected chi connectivity index (χ0v) is 18.5. The Labute approximate surface area is 193 Å². The summed E-state index contributed by atoms with van der Waals surface area (Å²) in [5.41, 5.74) is 3.71. The molecule has 3 aromatic rings. The monoisotopic (exact) mass is 470 g/mol. The molecular weight excluding hydrogens is 448 g/mol. The predicted octanol–water partition coefficient (Wildman–Crippen LogP) is 0.398. The van der Waals surface area contributed by atoms with Crippen molar-refractivity contribution in [3.8, 4) is 5.69 Å². The molecule has 1 aliphatic rings. The molecule has 11 nitrogen and oxygen atoms in total. The van der Waals surface area contributed by atoms with E-state index in [0.717, 1.165) is 5.69 Å². The summed E-state index contributed by atoms with van der Waals surface area (Å²) in [6.45, 7) is 1.99. The van der Waals surface area contributed by atoms with Crippen molar-refractivity contribution in [3.05, 3.63) is 58.8 Å². The van der Waals surface area contributed by atoms with Gasteiger partial charge in [0.05, 0.1) is 36.2 Å². The number of amides is 2. The zero-order valence-electron chi connectivity index (χ0n) is 17.7. The molecule has 1 aromatic carbocycles. The molecule has 33 heavy (non-hydrogen) atoms. The van der Waals surface area contributed by atoms with E-state index < -0.39 is 36.0 Å². The molecule has 0 spiro atoms. The minimum absolute atomic E-state index is 0.125. The van der Waals surface area contributed by atoms with Gasteiger partial charge in [-0.2, -0.15) is 0 Å². The lowest BCUT2D eigenvalue weighted by atomic mass is 10.1. The molecule has 4 rings (SSSR count). The van der Waals surface area contributed by atoms with Gasteiger partial charge in [0.1, 0.15) is 11.7 Å². The SMILES string of the molecule is CCOC(=O)[C@H]1O[C@@H]1C(=O)N[C@@H](Cc1cscn1)C(=O)NCc1cn(-c2ccccc2)nn1. The van der Waals surface area contributed by atoms with Crippen molar-refractivity contribution in [2.45, 2.75) is 38.1 Å². The third kappa shape index (κ3) is 5.79. The van der Waals surface area contributed by atoms with E-state index in [2.05, 4.69) is 25.9 Å². The van der Waals surface area contributed by atoms with Gasteiger partial charge in [0, 0.05) is 11.8 Å². The summed E-state index contributed by atoms with van der Waals surface area (Å²) in [5, 5.41) is 15.4. The Bertz CT molecular complexity index is 1100. The highest BCUT2D eigenvalue weighted by molar-refractivity contribution is 7.07. The first-order chi connectivity index (χ1) is 16.0. The maximum Gasteiger partial charge on any atom is 0.338 e. The van der Waals surface area contributed by atoms with Crippen LogP contribution >= 0.6 is 11.3 Å². The maximum atomic E-state index is 12.9. The molecule has 3 atom stereocenters. The molecule has 0 unspecified atom stereocenters. The Kier molecular flexibility index (Phi) is 7.05. The molecule has 0 bridgehead atoms. The predicted molar refractivity (Wildman–Crippen MR) is 116 cm³/mol. The number of carbonyl (C=O) groups is 3. The molecule has 1 fully saturated rings. The number of carbonyl (C=O) groups excluding carboxylic acids is 3. The molecule has 1 aliphatic heterocycles. The van der Waals surface area contributed by atoms with E-state index in [1.165, 1.54) is 11.3 Å². The summed E-state index contributed by atoms with van der Waals surface area (Å²) in [7, 11) is 0. The molecule has 3 heterocycles. The first kappa shape index (κ1) is 22.6. The Morgan fingerprint density at radius 3 is 2.76 bits per heavy atom. The highest BCUT2D eigenvalue weighted by atomic mass is 32.1. The number of benzene rings is 1. The standard InChI is InChI=1S/C21H22N6O5S/c1-2-31-21(30)18-17(32-18)20(29)24-16(8-13-11-33-12-23-13)19(28)22-9-14-10-27(26-25-14)15-6-4-3-5-7-15/h3-7,10-12,16-18H,2,8-9H2,1H3,(H,22,28)(H,24,29)/t16-,17-,18-/m0/s1. The second kappa shape index (κ2) is 10.3. The smallest absolute Gasteiger partial charge is 0.338 e. The van der Waals surface area contributed by atoms with Crippen molar-refractivity contribution in [1.82, 2.24) is 30.6 Å². The van der Waals surface area contributed by atoms with Crippen molar-refractivity contribution < 1.29 is 23.9 Å². The van der Waals surface area contributed by atoms with Gasteiger partial charge in [-0.15, -0.1) is 16.4 Å². The van der Waals surface area contributed by atoms with Crippen LogP contribution in [0, 0.1) is 0 Å². The average molecular weight is 471 g/mol. The van der Waals surface area contributed by atoms with Crippen molar-refractivity contribution >= 4 is 29.1 Å². The van der Waals surface area contributed by atoms with Crippen LogP contribution in [0.15, 0.2) is 47.4 Å². The van der Waals surface area contributed by atoms with Crippen LogP contribution in [0.1, 0.15) is 18.3 Å². The van der Waals surface area contributed by atoms with Crippen molar-refractivity contribution in [2.75, 3.05) is 6.61 Å². The van der Waals surface area contributed by atoms with E-state index in [1.54, 1.807) is 28.7 Å². The summed E-state index contributed by atoms with van der Waals surface area (Å²) in [5.74, 6) is -1.57. The first-order valence-electron chi connectivity index (χ1n) is 10.3. The highest BCUT2D eigenvalue weighted by Crippen LogP contribution is 2.24. The van der Waals surface area contributed by atoms with Gasteiger partial charge in [0.2, 0.25) is 5.91 Å². The normalized spacial score (nSPS) is 17.7. The van der Waals surface area contributed by atoms with E-state index >= 15 is 0 Å². The minimum Gasteiger partial charge on any atom is -0.464 e. The lowest BCUT2D eigenvalue weighted by Gasteiger charge is -2.17. The van der Waals surface area contributed by atoms with Crippen LogP contribution in [0.4, 0.5) is 0 Å². The second-order valence-electron chi connectivity index (χ2n) is 7.18. The van der Waals surface area contributed by atoms with Gasteiger partial charge in [0.25, 0.3) is 5.91 Å². The Hall–Kier alpha value is -3.64. The molecule has 172 valence electrons. The van der Waals surface area contributed by atoms with Crippen molar-refractivity contribution in [1.29, 1.82) is 0 Å². The molecule has 2 amide bonds. The number of thiazole rings is 1. The van der Waals surface area contributed by atoms with Crippen LogP contribution in [0.2, 0.25) is 0 Å². The zero-order chi connectivity index (χ0) is 23.2. The molecule has 2 N–H and O–H groups in total. The van der Waals surface area contributed by atoms with Crippen molar-refractivity contribution in [2.24, 2.45) is 0 Å². The number of aromatic nitrogens is 4. The fourth-order valence-electron chi connectivity index (χ4n) is 3.11. The summed E-state index contributed by atoms with van der Waals surface area (Å²) >= 11 is 1.39. The van der Waals surface area contributed by atoms with Gasteiger partial charge in [-0.05, 0) is 19.1 Å². The van der Waals surface area contributed by atoms with Crippen LogP contribution in [-0.4, -0.2) is 62.6 Å². The number of rotatable bonds is 10. The van der Waals surface area contributed by atoms with Crippen LogP contribution < -0.4 is 10.6 Å². The molecular formula is C21H22N6O5S. The molecule has 12 heteroatoms. The van der Waals surface area contributed by atoms with Gasteiger partial charge in [-0.25, -0.2) is 14.5 Å². The molecule has 0 radical (unpaired) electrons. The maximum absolute atomic E-state index is 12.9. The van der Waals surface area contributed by atoms with E-state index in [9.17, 15) is 14.4 Å². The summed E-state index contributed by atoms with van der Waals surface area (Å²) < 4.78 is 11.6. The van der Waals surface area contributed by atoms with Crippen LogP contribution in [-0.2, 0) is 36.8 Å². The van der Waals surface area contributed by atoms with E-state index in [1.807, 2.05) is 30.3 Å². The van der Waals surface area contributed by atoms with Gasteiger partial charge in [-0.1, -0.05) is 23.4 Å². The van der Waals surface area contributed by atoms with Crippen LogP contribution in [0.5, 0.6) is 0 Å².